The molecule has 0 radical (unpaired) electrons. The molecule has 19 unspecified atom stereocenters. The number of unbranched alkanes of at least 4 members (excludes halogenated alkanes) is 12. The topological polar surface area (TPSA) is 594 Å². The highest BCUT2D eigenvalue weighted by Gasteiger charge is 2.51. The number of carbonyl (C=O) groups is 8. The number of aliphatic hydroxyl groups is 9. The largest absolute Gasteiger partial charge is 0.471 e. The highest BCUT2D eigenvalue weighted by atomic mass is 31.2. The van der Waals surface area contributed by atoms with Crippen molar-refractivity contribution < 1.29 is 155 Å². The number of nitrogens with zero attached hydrogens (tertiary/aromatic N) is 4. The summed E-state index contributed by atoms with van der Waals surface area (Å²) in [7, 11) is -2.79. The predicted octanol–water partition coefficient (Wildman–Crippen LogP) is -1.62. The van der Waals surface area contributed by atoms with Crippen molar-refractivity contribution >= 4 is 55.1 Å². The monoisotopic (exact) mass is 1850 g/mol. The highest BCUT2D eigenvalue weighted by Crippen LogP contribution is 2.55. The first-order chi connectivity index (χ1) is 61.6. The molecular weight excluding hydrogens is 1710 g/mol. The first-order valence-corrected chi connectivity index (χ1v) is 47.4. The fourth-order valence-corrected chi connectivity index (χ4v) is 17.2. The number of amides is 8. The van der Waals surface area contributed by atoms with Crippen molar-refractivity contribution in [2.75, 3.05) is 152 Å². The van der Waals surface area contributed by atoms with Gasteiger partial charge in [-0.1, -0.05) is 63.0 Å². The lowest BCUT2D eigenvalue weighted by atomic mass is 9.93. The second-order valence-corrected chi connectivity index (χ2v) is 35.5. The lowest BCUT2D eigenvalue weighted by molar-refractivity contribution is -0.270. The Kier molecular flexibility index (Phi) is 51.0. The molecule has 8 amide bonds. The van der Waals surface area contributed by atoms with Gasteiger partial charge in [-0.2, -0.15) is 0 Å². The van der Waals surface area contributed by atoms with E-state index in [2.05, 4.69) is 52.1 Å². The summed E-state index contributed by atoms with van der Waals surface area (Å²) >= 11 is 0. The number of hydrogen-bond acceptors (Lipinski definition) is 33. The number of aliphatic hydroxyl groups excluding tert-OH is 9. The molecule has 44 heteroatoms. The smallest absolute Gasteiger partial charge is 0.394 e. The van der Waals surface area contributed by atoms with Crippen molar-refractivity contribution in [1.82, 2.24) is 57.1 Å². The van der Waals surface area contributed by atoms with Crippen molar-refractivity contribution in [2.45, 2.75) is 298 Å². The Balaban J connectivity index is 0.883. The molecule has 43 nitrogen and oxygen atoms in total. The fourth-order valence-electron chi connectivity index (χ4n) is 16.7. The Hall–Kier alpha value is -5.79. The molecule has 17 N–H and O–H groups in total. The molecule has 1 aromatic rings. The molecule has 19 atom stereocenters. The van der Waals surface area contributed by atoms with E-state index >= 15 is 0 Å². The molecule has 7 rings (SSSR count). The molecule has 5 fully saturated rings. The van der Waals surface area contributed by atoms with Crippen LogP contribution < -0.4 is 37.2 Å². The molecule has 4 saturated heterocycles. The first kappa shape index (κ1) is 109. The molecule has 6 aliphatic rings. The van der Waals surface area contributed by atoms with E-state index in [0.29, 0.717) is 153 Å². The van der Waals surface area contributed by atoms with Crippen LogP contribution in [0.5, 0.6) is 0 Å². The van der Waals surface area contributed by atoms with E-state index in [1.165, 1.54) is 32.9 Å². The minimum atomic E-state index is -3.94. The quantitative estimate of drug-likeness (QED) is 0.0257. The molecule has 5 heterocycles. The summed E-state index contributed by atoms with van der Waals surface area (Å²) in [6.45, 7) is 4.93. The Morgan fingerprint density at radius 1 is 0.469 bits per heavy atom. The average molecular weight is 1860 g/mol. The minimum absolute atomic E-state index is 0.0782. The van der Waals surface area contributed by atoms with E-state index < -0.39 is 149 Å². The van der Waals surface area contributed by atoms with Gasteiger partial charge < -0.3 is 145 Å². The van der Waals surface area contributed by atoms with E-state index in [9.17, 15) is 93.8 Å². The fraction of sp³-hybridized carbons (Fsp3) is 0.881. The van der Waals surface area contributed by atoms with Gasteiger partial charge in [-0.25, -0.2) is 9.25 Å². The number of rotatable bonds is 65. The first-order valence-electron chi connectivity index (χ1n) is 45.9. The zero-order chi connectivity index (χ0) is 92.8. The van der Waals surface area contributed by atoms with Crippen LogP contribution in [0.1, 0.15) is 193 Å². The third kappa shape index (κ3) is 38.7. The van der Waals surface area contributed by atoms with Gasteiger partial charge in [0.15, 0.2) is 18.9 Å². The van der Waals surface area contributed by atoms with Crippen molar-refractivity contribution in [3.8, 4) is 0 Å². The van der Waals surface area contributed by atoms with Crippen LogP contribution in [0.3, 0.4) is 0 Å². The van der Waals surface area contributed by atoms with Gasteiger partial charge in [-0.05, 0) is 108 Å². The summed E-state index contributed by atoms with van der Waals surface area (Å²) in [6.07, 6.45) is 1.67. The third-order valence-electron chi connectivity index (χ3n) is 24.0. The third-order valence-corrected chi connectivity index (χ3v) is 25.0. The zero-order valence-electron chi connectivity index (χ0n) is 75.0. The van der Waals surface area contributed by atoms with Gasteiger partial charge in [0.05, 0.1) is 117 Å². The Morgan fingerprint density at radius 3 is 1.27 bits per heavy atom. The molecular formula is C84H148N11O32P. The molecule has 2 aliphatic carbocycles. The minimum Gasteiger partial charge on any atom is -0.394 e. The number of hydrogen-bond donors (Lipinski definition) is 17. The number of piperidine rings is 1. The standard InChI is InChI=1S/C84H148N11O32P/c1-55(99)88-71-77(109)74(106)64(49-96)125-81(71)121-38-17-10-6-14-32-85-67(102)28-42-118-52-84(53-119-43-29-68(103)86-33-15-7-11-18-39-122-82-72(89-56(2)100)78(110)75(107)65(50-97)126-82,54-120-44-30-69(104)87-34-16-8-12-19-40-123-83-73(90-57(3)101)79(111)76(108)66(51-98)127-83)91-80(112)58-26-35-94(36-27-58)70(105)31-45-116-47-48-117-46-37-95-63-25-23-61-59(60(61)22-24-62(63)92-93-95)21-13-5-9-20-41-124-128(113,114)115-4/h58-61,64-66,71-79,81-83,96-98,106-111H,5-54H2,1-4H3,(H,85,102)(H,86,103)(H,87,104)(H,88,99)(H,89,100)(H,90,101)(H,91,112)(H,113,114). The summed E-state index contributed by atoms with van der Waals surface area (Å²) in [5.74, 6) is -1.35. The van der Waals surface area contributed by atoms with Crippen LogP contribution in [-0.2, 0) is 123 Å². The van der Waals surface area contributed by atoms with Gasteiger partial charge in [-0.3, -0.25) is 47.4 Å². The van der Waals surface area contributed by atoms with Crippen LogP contribution >= 0.6 is 7.82 Å². The molecule has 0 aromatic carbocycles. The molecule has 0 bridgehead atoms. The molecule has 1 aromatic heterocycles. The summed E-state index contributed by atoms with van der Waals surface area (Å²) in [5.41, 5.74) is 0.759. The number of phosphoric acid groups is 1. The summed E-state index contributed by atoms with van der Waals surface area (Å²) in [5, 5.41) is 120. The van der Waals surface area contributed by atoms with E-state index in [1.54, 1.807) is 4.90 Å². The molecule has 1 saturated carbocycles. The average Bonchev–Trinajstić information content (AvgIpc) is 1.56. The van der Waals surface area contributed by atoms with Crippen molar-refractivity contribution in [2.24, 2.45) is 23.7 Å². The maximum absolute atomic E-state index is 14.7. The van der Waals surface area contributed by atoms with Crippen LogP contribution in [0.2, 0.25) is 0 Å². The number of phosphoric ester groups is 1. The summed E-state index contributed by atoms with van der Waals surface area (Å²) < 4.78 is 87.8. The van der Waals surface area contributed by atoms with Gasteiger partial charge >= 0.3 is 7.82 Å². The molecule has 128 heavy (non-hydrogen) atoms. The Labute approximate surface area is 749 Å². The number of ether oxygens (including phenoxy) is 11. The second-order valence-electron chi connectivity index (χ2n) is 34.0. The van der Waals surface area contributed by atoms with Crippen LogP contribution in [0.15, 0.2) is 0 Å². The number of aryl methyl sites for hydroxylation is 1. The number of carbonyl (C=O) groups excluding carboxylic acids is 8. The lowest BCUT2D eigenvalue weighted by Gasteiger charge is -2.42. The van der Waals surface area contributed by atoms with Gasteiger partial charge in [-0.15, -0.1) is 5.10 Å². The molecule has 4 aliphatic heterocycles. The number of aromatic nitrogens is 3. The van der Waals surface area contributed by atoms with Gasteiger partial charge in [0, 0.05) is 106 Å². The number of fused-ring (bicyclic) bond motifs is 2. The van der Waals surface area contributed by atoms with E-state index in [4.69, 9.17) is 56.6 Å². The van der Waals surface area contributed by atoms with Crippen molar-refractivity contribution in [3.63, 3.8) is 0 Å². The predicted molar refractivity (Wildman–Crippen MR) is 454 cm³/mol. The summed E-state index contributed by atoms with van der Waals surface area (Å²) in [4.78, 5) is 115. The van der Waals surface area contributed by atoms with Crippen molar-refractivity contribution in [3.05, 3.63) is 11.4 Å². The van der Waals surface area contributed by atoms with E-state index in [1.807, 2.05) is 4.68 Å². The van der Waals surface area contributed by atoms with Gasteiger partial charge in [0.1, 0.15) is 78.6 Å². The number of nitrogens with one attached hydrogen (secondary N) is 7. The normalized spacial score (nSPS) is 26.9. The van der Waals surface area contributed by atoms with Crippen LogP contribution in [0, 0.1) is 23.7 Å². The van der Waals surface area contributed by atoms with Crippen LogP contribution in [-0.4, -0.2) is 368 Å². The SMILES string of the molecule is COP(=O)(O)OCCCCCCC1C2CCc3nnn(CCOCCOCCC(=O)N4CCC(C(=O)NC(COCCC(=O)NCCCCCCOC5OC(CO)C(O)C(O)C5NC(C)=O)(COCCC(=O)NCCCCCCOC5OC(CO)C(O)C(O)C5NC(C)=O)COCCC(=O)NCCCCCCOC5OC(CO)C(O)C(O)C5NC(C)=O)CC4)c3CCC12. The molecule has 736 valence electrons. The maximum atomic E-state index is 14.7. The van der Waals surface area contributed by atoms with E-state index in [-0.39, 0.29) is 148 Å². The zero-order valence-corrected chi connectivity index (χ0v) is 75.9. The second kappa shape index (κ2) is 59.8. The Morgan fingerprint density at radius 2 is 0.859 bits per heavy atom. The van der Waals surface area contributed by atoms with E-state index in [0.717, 1.165) is 57.7 Å². The van der Waals surface area contributed by atoms with Gasteiger partial charge in [0.25, 0.3) is 0 Å². The van der Waals surface area contributed by atoms with Crippen LogP contribution in [0.4, 0.5) is 0 Å². The Bertz CT molecular complexity index is 3240. The lowest BCUT2D eigenvalue weighted by Crippen LogP contribution is -2.64. The number of likely N-dealkylation sites (tertiary alicyclic amines) is 1. The molecule has 0 spiro atoms. The highest BCUT2D eigenvalue weighted by molar-refractivity contribution is 7.47. The van der Waals surface area contributed by atoms with Crippen LogP contribution in [0.25, 0.3) is 0 Å². The summed E-state index contributed by atoms with van der Waals surface area (Å²) in [6, 6.07) is -3.20. The maximum Gasteiger partial charge on any atom is 0.471 e. The van der Waals surface area contributed by atoms with Crippen molar-refractivity contribution in [1.29, 1.82) is 0 Å². The van der Waals surface area contributed by atoms with Gasteiger partial charge in [0.2, 0.25) is 47.3 Å².